The highest BCUT2D eigenvalue weighted by Crippen LogP contribution is 2.13. The lowest BCUT2D eigenvalue weighted by Gasteiger charge is -2.29. The second-order valence-electron chi connectivity index (χ2n) is 6.96. The number of amides is 1. The third-order valence-electron chi connectivity index (χ3n) is 4.37. The second kappa shape index (κ2) is 10.2. The molecule has 0 aromatic rings. The minimum Gasteiger partial charge on any atom is -0.353 e. The van der Waals surface area contributed by atoms with Gasteiger partial charge in [0.15, 0.2) is 0 Å². The summed E-state index contributed by atoms with van der Waals surface area (Å²) in [5.41, 5.74) is 0. The summed E-state index contributed by atoms with van der Waals surface area (Å²) in [5.74, 6) is 1.64. The van der Waals surface area contributed by atoms with E-state index in [2.05, 4.69) is 43.2 Å². The number of likely N-dealkylation sites (N-methyl/N-ethyl adjacent to an activating group) is 1. The second-order valence-corrected chi connectivity index (χ2v) is 6.96. The van der Waals surface area contributed by atoms with E-state index in [0.29, 0.717) is 12.5 Å². The van der Waals surface area contributed by atoms with E-state index in [1.54, 1.807) is 0 Å². The number of rotatable bonds is 9. The van der Waals surface area contributed by atoms with Gasteiger partial charge >= 0.3 is 0 Å². The average molecular weight is 297 g/mol. The Labute approximate surface area is 131 Å². The molecule has 124 valence electrons. The summed E-state index contributed by atoms with van der Waals surface area (Å²) in [6, 6.07) is 0.289. The van der Waals surface area contributed by atoms with Crippen molar-refractivity contribution in [1.29, 1.82) is 0 Å². The van der Waals surface area contributed by atoms with Crippen molar-refractivity contribution < 1.29 is 4.79 Å². The van der Waals surface area contributed by atoms with Crippen LogP contribution in [0.4, 0.5) is 0 Å². The van der Waals surface area contributed by atoms with Gasteiger partial charge in [0, 0.05) is 12.6 Å². The molecular weight excluding hydrogens is 262 g/mol. The standard InChI is InChI=1S/C17H35N3O/c1-5-20(12-16-8-10-18-11-9-16)13-17(21)19-15(4)7-6-14(2)3/h14-16,18H,5-13H2,1-4H3,(H,19,21). The van der Waals surface area contributed by atoms with E-state index in [-0.39, 0.29) is 11.9 Å². The Bertz CT molecular complexity index is 288. The number of carbonyl (C=O) groups is 1. The van der Waals surface area contributed by atoms with Crippen molar-refractivity contribution in [3.05, 3.63) is 0 Å². The van der Waals surface area contributed by atoms with E-state index in [1.807, 2.05) is 0 Å². The summed E-state index contributed by atoms with van der Waals surface area (Å²) in [5, 5.41) is 6.54. The maximum Gasteiger partial charge on any atom is 0.234 e. The van der Waals surface area contributed by atoms with Crippen LogP contribution in [0.5, 0.6) is 0 Å². The molecule has 1 unspecified atom stereocenters. The van der Waals surface area contributed by atoms with E-state index in [1.165, 1.54) is 19.3 Å². The fourth-order valence-electron chi connectivity index (χ4n) is 2.91. The first-order chi connectivity index (χ1) is 10.0. The minimum atomic E-state index is 0.182. The number of nitrogens with one attached hydrogen (secondary N) is 2. The van der Waals surface area contributed by atoms with Crippen LogP contribution in [0.25, 0.3) is 0 Å². The average Bonchev–Trinajstić information content (AvgIpc) is 2.45. The molecule has 0 saturated carbocycles. The summed E-state index contributed by atoms with van der Waals surface area (Å²) < 4.78 is 0. The normalized spacial score (nSPS) is 18.2. The van der Waals surface area contributed by atoms with Gasteiger partial charge in [-0.3, -0.25) is 9.69 Å². The maximum absolute atomic E-state index is 12.1. The molecule has 0 aromatic carbocycles. The van der Waals surface area contributed by atoms with Gasteiger partial charge in [0.2, 0.25) is 5.91 Å². The third-order valence-corrected chi connectivity index (χ3v) is 4.37. The summed E-state index contributed by atoms with van der Waals surface area (Å²) >= 11 is 0. The van der Waals surface area contributed by atoms with Crippen molar-refractivity contribution >= 4 is 5.91 Å². The zero-order valence-electron chi connectivity index (χ0n) is 14.5. The van der Waals surface area contributed by atoms with Crippen LogP contribution < -0.4 is 10.6 Å². The topological polar surface area (TPSA) is 44.4 Å². The lowest BCUT2D eigenvalue weighted by molar-refractivity contribution is -0.123. The molecule has 1 aliphatic rings. The molecule has 1 atom stereocenters. The van der Waals surface area contributed by atoms with Crippen LogP contribution in [0.2, 0.25) is 0 Å². The summed E-state index contributed by atoms with van der Waals surface area (Å²) in [6.45, 7) is 13.5. The van der Waals surface area contributed by atoms with Crippen LogP contribution >= 0.6 is 0 Å². The summed E-state index contributed by atoms with van der Waals surface area (Å²) in [7, 11) is 0. The van der Waals surface area contributed by atoms with E-state index in [4.69, 9.17) is 0 Å². The Morgan fingerprint density at radius 2 is 1.90 bits per heavy atom. The monoisotopic (exact) mass is 297 g/mol. The number of hydrogen-bond acceptors (Lipinski definition) is 3. The Morgan fingerprint density at radius 3 is 2.48 bits per heavy atom. The minimum absolute atomic E-state index is 0.182. The van der Waals surface area contributed by atoms with Crippen LogP contribution in [0.3, 0.4) is 0 Å². The van der Waals surface area contributed by atoms with E-state index in [0.717, 1.165) is 38.5 Å². The fraction of sp³-hybridized carbons (Fsp3) is 0.941. The van der Waals surface area contributed by atoms with Gasteiger partial charge in [-0.2, -0.15) is 0 Å². The van der Waals surface area contributed by atoms with Crippen molar-refractivity contribution in [2.45, 2.75) is 59.4 Å². The van der Waals surface area contributed by atoms with Crippen molar-refractivity contribution in [1.82, 2.24) is 15.5 Å². The van der Waals surface area contributed by atoms with Crippen LogP contribution in [-0.4, -0.2) is 49.6 Å². The molecule has 4 heteroatoms. The lowest BCUT2D eigenvalue weighted by Crippen LogP contribution is -2.43. The number of carbonyl (C=O) groups excluding carboxylic acids is 1. The van der Waals surface area contributed by atoms with Crippen LogP contribution in [0.1, 0.15) is 53.4 Å². The SMILES string of the molecule is CCN(CC(=O)NC(C)CCC(C)C)CC1CCNCC1. The first-order valence-corrected chi connectivity index (χ1v) is 8.73. The maximum atomic E-state index is 12.1. The zero-order valence-corrected chi connectivity index (χ0v) is 14.5. The van der Waals surface area contributed by atoms with Gasteiger partial charge in [-0.1, -0.05) is 20.8 Å². The highest BCUT2D eigenvalue weighted by molar-refractivity contribution is 5.78. The molecular formula is C17H35N3O. The fourth-order valence-corrected chi connectivity index (χ4v) is 2.91. The summed E-state index contributed by atoms with van der Waals surface area (Å²) in [6.07, 6.45) is 4.73. The van der Waals surface area contributed by atoms with Crippen LogP contribution in [0, 0.1) is 11.8 Å². The predicted octanol–water partition coefficient (Wildman–Crippen LogP) is 2.25. The van der Waals surface area contributed by atoms with E-state index >= 15 is 0 Å². The predicted molar refractivity (Wildman–Crippen MR) is 89.4 cm³/mol. The van der Waals surface area contributed by atoms with Crippen LogP contribution in [-0.2, 0) is 4.79 Å². The molecule has 1 aliphatic heterocycles. The molecule has 1 rings (SSSR count). The van der Waals surface area contributed by atoms with Gasteiger partial charge in [0.25, 0.3) is 0 Å². The van der Waals surface area contributed by atoms with Gasteiger partial charge in [0.05, 0.1) is 6.54 Å². The number of hydrogen-bond donors (Lipinski definition) is 2. The van der Waals surface area contributed by atoms with Crippen molar-refractivity contribution in [2.24, 2.45) is 11.8 Å². The molecule has 2 N–H and O–H groups in total. The Kier molecular flexibility index (Phi) is 8.93. The summed E-state index contributed by atoms with van der Waals surface area (Å²) in [4.78, 5) is 14.4. The van der Waals surface area contributed by atoms with Gasteiger partial charge in [-0.05, 0) is 64.1 Å². The smallest absolute Gasteiger partial charge is 0.234 e. The van der Waals surface area contributed by atoms with Crippen molar-refractivity contribution in [3.63, 3.8) is 0 Å². The zero-order chi connectivity index (χ0) is 15.7. The molecule has 0 bridgehead atoms. The number of piperidine rings is 1. The highest BCUT2D eigenvalue weighted by Gasteiger charge is 2.18. The largest absolute Gasteiger partial charge is 0.353 e. The third kappa shape index (κ3) is 8.42. The molecule has 0 aliphatic carbocycles. The van der Waals surface area contributed by atoms with Gasteiger partial charge in [-0.25, -0.2) is 0 Å². The Hall–Kier alpha value is -0.610. The highest BCUT2D eigenvalue weighted by atomic mass is 16.2. The molecule has 21 heavy (non-hydrogen) atoms. The van der Waals surface area contributed by atoms with Crippen molar-refractivity contribution in [3.8, 4) is 0 Å². The molecule has 0 aromatic heterocycles. The first-order valence-electron chi connectivity index (χ1n) is 8.73. The van der Waals surface area contributed by atoms with Gasteiger partial charge in [-0.15, -0.1) is 0 Å². The quantitative estimate of drug-likeness (QED) is 0.686. The molecule has 1 fully saturated rings. The molecule has 1 heterocycles. The molecule has 1 amide bonds. The lowest BCUT2D eigenvalue weighted by atomic mass is 9.97. The van der Waals surface area contributed by atoms with Crippen LogP contribution in [0.15, 0.2) is 0 Å². The molecule has 0 spiro atoms. The van der Waals surface area contributed by atoms with E-state index < -0.39 is 0 Å². The first kappa shape index (κ1) is 18.4. The van der Waals surface area contributed by atoms with Crippen molar-refractivity contribution in [2.75, 3.05) is 32.7 Å². The Balaban J connectivity index is 2.26. The molecule has 0 radical (unpaired) electrons. The molecule has 4 nitrogen and oxygen atoms in total. The molecule has 1 saturated heterocycles. The Morgan fingerprint density at radius 1 is 1.24 bits per heavy atom. The van der Waals surface area contributed by atoms with E-state index in [9.17, 15) is 4.79 Å². The van der Waals surface area contributed by atoms with Gasteiger partial charge in [0.1, 0.15) is 0 Å². The number of nitrogens with zero attached hydrogens (tertiary/aromatic N) is 1. The van der Waals surface area contributed by atoms with Gasteiger partial charge < -0.3 is 10.6 Å².